The van der Waals surface area contributed by atoms with Gasteiger partial charge in [0, 0.05) is 5.69 Å². The fourth-order valence-electron chi connectivity index (χ4n) is 4.00. The lowest BCUT2D eigenvalue weighted by Gasteiger charge is -2.09. The average molecular weight is 407 g/mol. The van der Waals surface area contributed by atoms with Gasteiger partial charge < -0.3 is 15.8 Å². The summed E-state index contributed by atoms with van der Waals surface area (Å²) in [6, 6.07) is 26.5. The number of anilines is 1. The average Bonchev–Trinajstić information content (AvgIpc) is 3.24. The highest BCUT2D eigenvalue weighted by Crippen LogP contribution is 2.36. The van der Waals surface area contributed by atoms with Crippen LogP contribution in [0.1, 0.15) is 21.5 Å². The standard InChI is InChI=1S/C26H21N3O2/c27-26(29-23-16-10-18-8-4-7-17-9-15-22(23)24(17)18)28-20-11-13-21(14-12-20)31-25(30)19-5-2-1-3-6-19/h1-8,10-14,16H,9,15H2,(H3,27,28,29). The smallest absolute Gasteiger partial charge is 0.343 e. The molecule has 0 atom stereocenters. The van der Waals surface area contributed by atoms with E-state index < -0.39 is 5.97 Å². The maximum atomic E-state index is 12.2. The number of benzene rings is 4. The molecular formula is C26H21N3O2. The number of rotatable bonds is 4. The number of guanidine groups is 1. The molecule has 3 N–H and O–H groups in total. The van der Waals surface area contributed by atoms with E-state index in [4.69, 9.17) is 10.5 Å². The van der Waals surface area contributed by atoms with Crippen molar-refractivity contribution in [1.82, 2.24) is 0 Å². The van der Waals surface area contributed by atoms with Crippen LogP contribution >= 0.6 is 0 Å². The van der Waals surface area contributed by atoms with Gasteiger partial charge in [-0.3, -0.25) is 0 Å². The van der Waals surface area contributed by atoms with Crippen molar-refractivity contribution in [3.8, 4) is 5.75 Å². The zero-order valence-electron chi connectivity index (χ0n) is 16.8. The van der Waals surface area contributed by atoms with Gasteiger partial charge in [-0.2, -0.15) is 0 Å². The molecule has 1 aliphatic rings. The largest absolute Gasteiger partial charge is 0.423 e. The second-order valence-corrected chi connectivity index (χ2v) is 7.48. The van der Waals surface area contributed by atoms with Crippen LogP contribution in [-0.4, -0.2) is 11.9 Å². The van der Waals surface area contributed by atoms with Gasteiger partial charge in [0.1, 0.15) is 5.75 Å². The number of aliphatic imine (C=N–C) groups is 1. The number of nitrogens with zero attached hydrogens (tertiary/aromatic N) is 1. The van der Waals surface area contributed by atoms with Crippen molar-refractivity contribution in [3.63, 3.8) is 0 Å². The minimum Gasteiger partial charge on any atom is -0.423 e. The summed E-state index contributed by atoms with van der Waals surface area (Å²) in [5.74, 6) is 0.385. The normalized spacial score (nSPS) is 12.7. The van der Waals surface area contributed by atoms with Crippen LogP contribution in [0.2, 0.25) is 0 Å². The number of ether oxygens (including phenoxy) is 1. The number of hydrogen-bond acceptors (Lipinski definition) is 3. The fraction of sp³-hybridized carbons (Fsp3) is 0.0769. The molecule has 5 nitrogen and oxygen atoms in total. The van der Waals surface area contributed by atoms with Gasteiger partial charge >= 0.3 is 5.97 Å². The summed E-state index contributed by atoms with van der Waals surface area (Å²) in [5.41, 5.74) is 11.0. The molecule has 0 heterocycles. The minimum absolute atomic E-state index is 0.314. The molecule has 5 heteroatoms. The number of aryl methyl sites for hydroxylation is 2. The lowest BCUT2D eigenvalue weighted by Crippen LogP contribution is -2.22. The number of carbonyl (C=O) groups excluding carboxylic acids is 1. The van der Waals surface area contributed by atoms with Crippen molar-refractivity contribution in [3.05, 3.63) is 102 Å². The highest BCUT2D eigenvalue weighted by atomic mass is 16.5. The van der Waals surface area contributed by atoms with Crippen molar-refractivity contribution in [2.75, 3.05) is 5.32 Å². The van der Waals surface area contributed by atoms with Crippen LogP contribution < -0.4 is 15.8 Å². The summed E-state index contributed by atoms with van der Waals surface area (Å²) in [4.78, 5) is 16.8. The van der Waals surface area contributed by atoms with Gasteiger partial charge in [-0.05, 0) is 77.2 Å². The molecule has 0 aliphatic heterocycles. The molecule has 0 amide bonds. The summed E-state index contributed by atoms with van der Waals surface area (Å²) in [6.45, 7) is 0. The summed E-state index contributed by atoms with van der Waals surface area (Å²) >= 11 is 0. The monoisotopic (exact) mass is 407 g/mol. The van der Waals surface area contributed by atoms with Crippen LogP contribution in [-0.2, 0) is 12.8 Å². The molecule has 0 bridgehead atoms. The molecule has 0 spiro atoms. The molecule has 4 aromatic carbocycles. The van der Waals surface area contributed by atoms with E-state index in [9.17, 15) is 4.79 Å². The topological polar surface area (TPSA) is 76.7 Å². The fourth-order valence-corrected chi connectivity index (χ4v) is 4.00. The third-order valence-electron chi connectivity index (χ3n) is 5.45. The summed E-state index contributed by atoms with van der Waals surface area (Å²) < 4.78 is 5.40. The van der Waals surface area contributed by atoms with E-state index in [0.717, 1.165) is 24.2 Å². The second kappa shape index (κ2) is 7.95. The Morgan fingerprint density at radius 1 is 0.871 bits per heavy atom. The van der Waals surface area contributed by atoms with E-state index >= 15 is 0 Å². The molecule has 5 rings (SSSR count). The van der Waals surface area contributed by atoms with Crippen LogP contribution in [0.25, 0.3) is 10.8 Å². The summed E-state index contributed by atoms with van der Waals surface area (Å²) in [6.07, 6.45) is 2.01. The van der Waals surface area contributed by atoms with Gasteiger partial charge in [-0.1, -0.05) is 42.5 Å². The molecule has 31 heavy (non-hydrogen) atoms. The SMILES string of the molecule is NC(=Nc1ccc2cccc3c2c1CC3)Nc1ccc(OC(=O)c2ccccc2)cc1. The molecule has 4 aromatic rings. The van der Waals surface area contributed by atoms with Crippen molar-refractivity contribution < 1.29 is 9.53 Å². The Labute approximate surface area is 180 Å². The Bertz CT molecular complexity index is 1300. The van der Waals surface area contributed by atoms with E-state index in [0.29, 0.717) is 17.3 Å². The molecule has 0 saturated carbocycles. The van der Waals surface area contributed by atoms with E-state index in [2.05, 4.69) is 34.6 Å². The Morgan fingerprint density at radius 2 is 1.68 bits per heavy atom. The van der Waals surface area contributed by atoms with E-state index in [1.54, 1.807) is 48.5 Å². The first-order chi connectivity index (χ1) is 15.2. The molecule has 1 aliphatic carbocycles. The number of hydrogen-bond donors (Lipinski definition) is 2. The zero-order chi connectivity index (χ0) is 21.2. The van der Waals surface area contributed by atoms with Crippen molar-refractivity contribution >= 4 is 34.1 Å². The second-order valence-electron chi connectivity index (χ2n) is 7.48. The van der Waals surface area contributed by atoms with Crippen LogP contribution in [0, 0.1) is 0 Å². The van der Waals surface area contributed by atoms with Crippen LogP contribution in [0.5, 0.6) is 5.75 Å². The van der Waals surface area contributed by atoms with Crippen LogP contribution in [0.4, 0.5) is 11.4 Å². The lowest BCUT2D eigenvalue weighted by molar-refractivity contribution is 0.0735. The van der Waals surface area contributed by atoms with Gasteiger partial charge in [-0.25, -0.2) is 9.79 Å². The lowest BCUT2D eigenvalue weighted by atomic mass is 10.0. The Hall–Kier alpha value is -4.12. The number of esters is 1. The van der Waals surface area contributed by atoms with Gasteiger partial charge in [-0.15, -0.1) is 0 Å². The van der Waals surface area contributed by atoms with Crippen molar-refractivity contribution in [2.24, 2.45) is 10.7 Å². The Balaban J connectivity index is 1.30. The summed E-state index contributed by atoms with van der Waals surface area (Å²) in [7, 11) is 0. The van der Waals surface area contributed by atoms with E-state index in [1.165, 1.54) is 21.9 Å². The first-order valence-electron chi connectivity index (χ1n) is 10.2. The third kappa shape index (κ3) is 3.85. The highest BCUT2D eigenvalue weighted by Gasteiger charge is 2.17. The predicted octanol–water partition coefficient (Wildman–Crippen LogP) is 5.22. The summed E-state index contributed by atoms with van der Waals surface area (Å²) in [5, 5.41) is 5.66. The van der Waals surface area contributed by atoms with E-state index in [-0.39, 0.29) is 0 Å². The van der Waals surface area contributed by atoms with Crippen molar-refractivity contribution in [2.45, 2.75) is 12.8 Å². The van der Waals surface area contributed by atoms with Crippen LogP contribution in [0.3, 0.4) is 0 Å². The number of carbonyl (C=O) groups is 1. The zero-order valence-corrected chi connectivity index (χ0v) is 16.8. The van der Waals surface area contributed by atoms with Crippen molar-refractivity contribution in [1.29, 1.82) is 0 Å². The number of nitrogens with one attached hydrogen (secondary N) is 1. The predicted molar refractivity (Wildman–Crippen MR) is 124 cm³/mol. The molecule has 0 saturated heterocycles. The van der Waals surface area contributed by atoms with E-state index in [1.807, 2.05) is 12.1 Å². The Morgan fingerprint density at radius 3 is 2.48 bits per heavy atom. The quantitative estimate of drug-likeness (QED) is 0.211. The molecule has 0 unspecified atom stereocenters. The third-order valence-corrected chi connectivity index (χ3v) is 5.45. The first-order valence-corrected chi connectivity index (χ1v) is 10.2. The molecular weight excluding hydrogens is 386 g/mol. The molecule has 152 valence electrons. The number of nitrogens with two attached hydrogens (primary N) is 1. The maximum absolute atomic E-state index is 12.2. The van der Waals surface area contributed by atoms with Crippen LogP contribution in [0.15, 0.2) is 89.9 Å². The first kappa shape index (κ1) is 18.9. The maximum Gasteiger partial charge on any atom is 0.343 e. The molecule has 0 fully saturated rings. The Kier molecular flexibility index (Phi) is 4.84. The minimum atomic E-state index is -0.392. The molecule has 0 aromatic heterocycles. The molecule has 0 radical (unpaired) electrons. The highest BCUT2D eigenvalue weighted by molar-refractivity contribution is 5.98. The van der Waals surface area contributed by atoms with Gasteiger partial charge in [0.15, 0.2) is 5.96 Å². The van der Waals surface area contributed by atoms with Gasteiger partial charge in [0.2, 0.25) is 0 Å². The van der Waals surface area contributed by atoms with Gasteiger partial charge in [0.05, 0.1) is 11.3 Å². The van der Waals surface area contributed by atoms with Gasteiger partial charge in [0.25, 0.3) is 0 Å².